The van der Waals surface area contributed by atoms with Crippen molar-refractivity contribution in [3.05, 3.63) is 58.6 Å². The number of carbonyl (C=O) groups is 2. The molecule has 0 atom stereocenters. The first kappa shape index (κ1) is 17.5. The molecule has 6 heteroatoms. The molecule has 0 aliphatic carbocycles. The van der Waals surface area contributed by atoms with Crippen molar-refractivity contribution in [3.63, 3.8) is 0 Å². The average Bonchev–Trinajstić information content (AvgIpc) is 2.61. The Bertz CT molecular complexity index is 786. The topological polar surface area (TPSA) is 52.7 Å². The molecule has 3 rings (SSSR count). The van der Waals surface area contributed by atoms with Crippen molar-refractivity contribution < 1.29 is 9.59 Å². The molecular weight excluding hydrogens is 382 g/mol. The first-order valence-corrected chi connectivity index (χ1v) is 9.00. The van der Waals surface area contributed by atoms with E-state index in [1.54, 1.807) is 17.0 Å². The lowest BCUT2D eigenvalue weighted by atomic mass is 10.2. The summed E-state index contributed by atoms with van der Waals surface area (Å²) in [6, 6.07) is 15.5. The van der Waals surface area contributed by atoms with Crippen LogP contribution in [0.25, 0.3) is 0 Å². The first-order chi connectivity index (χ1) is 12.0. The van der Waals surface area contributed by atoms with E-state index < -0.39 is 11.8 Å². The fourth-order valence-corrected chi connectivity index (χ4v) is 3.29. The highest BCUT2D eigenvalue weighted by molar-refractivity contribution is 9.10. The predicted molar refractivity (Wildman–Crippen MR) is 103 cm³/mol. The Hall–Kier alpha value is -2.34. The highest BCUT2D eigenvalue weighted by atomic mass is 79.9. The Morgan fingerprint density at radius 1 is 1.00 bits per heavy atom. The van der Waals surface area contributed by atoms with Crippen LogP contribution in [0.4, 0.5) is 11.4 Å². The summed E-state index contributed by atoms with van der Waals surface area (Å²) in [6.07, 6.45) is 0. The van der Waals surface area contributed by atoms with Gasteiger partial charge in [-0.05, 0) is 42.8 Å². The van der Waals surface area contributed by atoms with Gasteiger partial charge in [0.05, 0.1) is 0 Å². The van der Waals surface area contributed by atoms with Crippen molar-refractivity contribution in [2.45, 2.75) is 6.92 Å². The van der Waals surface area contributed by atoms with E-state index in [4.69, 9.17) is 0 Å². The molecule has 1 aliphatic heterocycles. The van der Waals surface area contributed by atoms with Gasteiger partial charge < -0.3 is 15.1 Å². The Labute approximate surface area is 155 Å². The van der Waals surface area contributed by atoms with Crippen LogP contribution in [0.3, 0.4) is 0 Å². The third kappa shape index (κ3) is 4.39. The number of carbonyl (C=O) groups excluding carboxylic acids is 2. The van der Waals surface area contributed by atoms with E-state index >= 15 is 0 Å². The number of rotatable bonds is 2. The molecule has 0 spiro atoms. The van der Waals surface area contributed by atoms with Crippen molar-refractivity contribution in [1.82, 2.24) is 4.90 Å². The molecule has 25 heavy (non-hydrogen) atoms. The molecule has 2 aromatic rings. The first-order valence-electron chi connectivity index (χ1n) is 8.20. The number of nitrogens with one attached hydrogen (secondary N) is 1. The van der Waals surface area contributed by atoms with Crippen molar-refractivity contribution in [2.75, 3.05) is 36.4 Å². The summed E-state index contributed by atoms with van der Waals surface area (Å²) < 4.78 is 0.851. The molecule has 1 heterocycles. The largest absolute Gasteiger partial charge is 0.368 e. The van der Waals surface area contributed by atoms with Crippen LogP contribution in [0, 0.1) is 6.92 Å². The molecule has 0 bridgehead atoms. The van der Waals surface area contributed by atoms with Gasteiger partial charge in [0.15, 0.2) is 0 Å². The summed E-state index contributed by atoms with van der Waals surface area (Å²) in [6.45, 7) is 4.59. The zero-order valence-corrected chi connectivity index (χ0v) is 15.6. The maximum Gasteiger partial charge on any atom is 0.313 e. The molecule has 1 N–H and O–H groups in total. The Kier molecular flexibility index (Phi) is 5.38. The number of hydrogen-bond donors (Lipinski definition) is 1. The summed E-state index contributed by atoms with van der Waals surface area (Å²) in [4.78, 5) is 28.4. The molecule has 5 nitrogen and oxygen atoms in total. The SMILES string of the molecule is Cc1cccc(N2CCN(C(=O)C(=O)Nc3cccc(Br)c3)CC2)c1. The second-order valence-electron chi connectivity index (χ2n) is 6.08. The van der Waals surface area contributed by atoms with Gasteiger partial charge in [0.25, 0.3) is 0 Å². The minimum atomic E-state index is -0.595. The number of amides is 2. The van der Waals surface area contributed by atoms with Crippen LogP contribution in [-0.4, -0.2) is 42.9 Å². The van der Waals surface area contributed by atoms with Gasteiger partial charge in [-0.25, -0.2) is 0 Å². The van der Waals surface area contributed by atoms with Crippen LogP contribution in [0.5, 0.6) is 0 Å². The van der Waals surface area contributed by atoms with Crippen molar-refractivity contribution in [1.29, 1.82) is 0 Å². The third-order valence-corrected chi connectivity index (χ3v) is 4.70. The van der Waals surface area contributed by atoms with Gasteiger partial charge in [0.1, 0.15) is 0 Å². The maximum atomic E-state index is 12.4. The second-order valence-corrected chi connectivity index (χ2v) is 7.00. The van der Waals surface area contributed by atoms with Crippen molar-refractivity contribution >= 4 is 39.1 Å². The van der Waals surface area contributed by atoms with Gasteiger partial charge in [-0.2, -0.15) is 0 Å². The highest BCUT2D eigenvalue weighted by Gasteiger charge is 2.26. The number of benzene rings is 2. The van der Waals surface area contributed by atoms with Gasteiger partial charge in [-0.3, -0.25) is 9.59 Å². The monoisotopic (exact) mass is 401 g/mol. The molecule has 2 aromatic carbocycles. The second kappa shape index (κ2) is 7.70. The lowest BCUT2D eigenvalue weighted by Crippen LogP contribution is -2.51. The molecule has 0 aromatic heterocycles. The van der Waals surface area contributed by atoms with Crippen LogP contribution in [0.2, 0.25) is 0 Å². The van der Waals surface area contributed by atoms with Gasteiger partial charge in [-0.1, -0.05) is 34.1 Å². The van der Waals surface area contributed by atoms with Crippen LogP contribution >= 0.6 is 15.9 Å². The molecular formula is C19H20BrN3O2. The molecule has 0 saturated carbocycles. The fourth-order valence-electron chi connectivity index (χ4n) is 2.89. The van der Waals surface area contributed by atoms with E-state index in [9.17, 15) is 9.59 Å². The van der Waals surface area contributed by atoms with E-state index in [-0.39, 0.29) is 0 Å². The standard InChI is InChI=1S/C19H20BrN3O2/c1-14-4-2-7-17(12-14)22-8-10-23(11-9-22)19(25)18(24)21-16-6-3-5-15(20)13-16/h2-7,12-13H,8-11H2,1H3,(H,21,24). The van der Waals surface area contributed by atoms with Gasteiger partial charge >= 0.3 is 11.8 Å². The van der Waals surface area contributed by atoms with Gasteiger partial charge in [0, 0.05) is 42.0 Å². The zero-order chi connectivity index (χ0) is 17.8. The van der Waals surface area contributed by atoms with Crippen LogP contribution in [-0.2, 0) is 9.59 Å². The Balaban J connectivity index is 1.57. The average molecular weight is 402 g/mol. The van der Waals surface area contributed by atoms with E-state index in [0.29, 0.717) is 18.8 Å². The minimum absolute atomic E-state index is 0.483. The minimum Gasteiger partial charge on any atom is -0.368 e. The zero-order valence-electron chi connectivity index (χ0n) is 14.0. The molecule has 0 unspecified atom stereocenters. The lowest BCUT2D eigenvalue weighted by Gasteiger charge is -2.35. The van der Waals surface area contributed by atoms with Crippen LogP contribution in [0.1, 0.15) is 5.56 Å². The molecule has 130 valence electrons. The van der Waals surface area contributed by atoms with Crippen molar-refractivity contribution in [3.8, 4) is 0 Å². The number of nitrogens with zero attached hydrogens (tertiary/aromatic N) is 2. The molecule has 2 amide bonds. The third-order valence-electron chi connectivity index (χ3n) is 4.21. The summed E-state index contributed by atoms with van der Waals surface area (Å²) in [5.74, 6) is -1.08. The van der Waals surface area contributed by atoms with Crippen LogP contribution < -0.4 is 10.2 Å². The summed E-state index contributed by atoms with van der Waals surface area (Å²) in [5.41, 5.74) is 2.97. The normalized spacial score (nSPS) is 14.3. The molecule has 1 fully saturated rings. The number of hydrogen-bond acceptors (Lipinski definition) is 3. The summed E-state index contributed by atoms with van der Waals surface area (Å²) >= 11 is 3.35. The van der Waals surface area contributed by atoms with E-state index in [1.807, 2.05) is 18.2 Å². The smallest absolute Gasteiger partial charge is 0.313 e. The van der Waals surface area contributed by atoms with Gasteiger partial charge in [-0.15, -0.1) is 0 Å². The maximum absolute atomic E-state index is 12.4. The number of piperazine rings is 1. The van der Waals surface area contributed by atoms with E-state index in [2.05, 4.69) is 51.3 Å². The molecule has 0 radical (unpaired) electrons. The van der Waals surface area contributed by atoms with Crippen LogP contribution in [0.15, 0.2) is 53.0 Å². The number of halogens is 1. The number of anilines is 2. The lowest BCUT2D eigenvalue weighted by molar-refractivity contribution is -0.143. The van der Waals surface area contributed by atoms with Gasteiger partial charge in [0.2, 0.25) is 0 Å². The highest BCUT2D eigenvalue weighted by Crippen LogP contribution is 2.18. The molecule has 1 aliphatic rings. The van der Waals surface area contributed by atoms with E-state index in [1.165, 1.54) is 5.56 Å². The number of aryl methyl sites for hydroxylation is 1. The molecule has 1 saturated heterocycles. The Morgan fingerprint density at radius 2 is 1.72 bits per heavy atom. The summed E-state index contributed by atoms with van der Waals surface area (Å²) in [5, 5.41) is 2.66. The predicted octanol–water partition coefficient (Wildman–Crippen LogP) is 3.04. The van der Waals surface area contributed by atoms with E-state index in [0.717, 1.165) is 23.2 Å². The summed E-state index contributed by atoms with van der Waals surface area (Å²) in [7, 11) is 0. The Morgan fingerprint density at radius 3 is 2.40 bits per heavy atom. The van der Waals surface area contributed by atoms with Crippen molar-refractivity contribution in [2.24, 2.45) is 0 Å². The quantitative estimate of drug-likeness (QED) is 0.786. The fraction of sp³-hybridized carbons (Fsp3) is 0.263.